The molecule has 0 radical (unpaired) electrons. The van der Waals surface area contributed by atoms with E-state index in [0.29, 0.717) is 30.2 Å². The Bertz CT molecular complexity index is 1020. The number of methoxy groups -OCH3 is 2. The lowest BCUT2D eigenvalue weighted by Crippen LogP contribution is -2.41. The minimum atomic E-state index is -3.56. The van der Waals surface area contributed by atoms with Crippen LogP contribution in [0.15, 0.2) is 47.4 Å². The van der Waals surface area contributed by atoms with E-state index in [1.165, 1.54) is 12.1 Å². The van der Waals surface area contributed by atoms with Crippen molar-refractivity contribution in [3.8, 4) is 11.5 Å². The maximum absolute atomic E-state index is 13.0. The van der Waals surface area contributed by atoms with E-state index in [-0.39, 0.29) is 16.8 Å². The van der Waals surface area contributed by atoms with Crippen molar-refractivity contribution in [2.45, 2.75) is 43.7 Å². The highest BCUT2D eigenvalue weighted by atomic mass is 32.2. The summed E-state index contributed by atoms with van der Waals surface area (Å²) in [7, 11) is 1.26. The number of carbonyl (C=O) groups excluding carboxylic acids is 1. The minimum Gasteiger partial charge on any atom is -0.493 e. The van der Waals surface area contributed by atoms with E-state index in [2.05, 4.69) is 0 Å². The molecule has 0 aliphatic carbocycles. The van der Waals surface area contributed by atoms with Gasteiger partial charge >= 0.3 is 0 Å². The van der Waals surface area contributed by atoms with E-state index in [1.54, 1.807) is 48.7 Å². The van der Waals surface area contributed by atoms with Gasteiger partial charge in [-0.05, 0) is 50.1 Å². The Morgan fingerprint density at radius 2 is 1.81 bits per heavy atom. The number of sulfonamides is 1. The molecule has 7 nitrogen and oxygen atoms in total. The first kappa shape index (κ1) is 23.1. The third-order valence-electron chi connectivity index (χ3n) is 5.69. The van der Waals surface area contributed by atoms with Crippen LogP contribution in [0.2, 0.25) is 0 Å². The van der Waals surface area contributed by atoms with Crippen LogP contribution in [0.1, 0.15) is 42.1 Å². The summed E-state index contributed by atoms with van der Waals surface area (Å²) in [4.78, 5) is 14.7. The summed E-state index contributed by atoms with van der Waals surface area (Å²) in [5.74, 6) is 0.976. The van der Waals surface area contributed by atoms with Crippen molar-refractivity contribution >= 4 is 15.9 Å². The number of amides is 1. The summed E-state index contributed by atoms with van der Waals surface area (Å²) in [5.41, 5.74) is 1.24. The molecule has 2 aromatic carbocycles. The van der Waals surface area contributed by atoms with E-state index < -0.39 is 10.0 Å². The number of carbonyl (C=O) groups is 1. The quantitative estimate of drug-likeness (QED) is 0.650. The lowest BCUT2D eigenvalue weighted by molar-refractivity contribution is 0.0784. The van der Waals surface area contributed by atoms with Gasteiger partial charge in [0, 0.05) is 37.3 Å². The SMILES string of the molecule is COc1cccc(CN(C)C(=O)c2ccc(S(=O)(=O)N3CCCC[C@H]3C)cc2)c1OC. The average Bonchev–Trinajstić information content (AvgIpc) is 2.78. The number of rotatable bonds is 7. The van der Waals surface area contributed by atoms with Gasteiger partial charge in [0.15, 0.2) is 11.5 Å². The zero-order valence-electron chi connectivity index (χ0n) is 18.5. The molecule has 0 saturated carbocycles. The smallest absolute Gasteiger partial charge is 0.253 e. The monoisotopic (exact) mass is 446 g/mol. The summed E-state index contributed by atoms with van der Waals surface area (Å²) >= 11 is 0. The lowest BCUT2D eigenvalue weighted by Gasteiger charge is -2.32. The van der Waals surface area contributed by atoms with Gasteiger partial charge in [-0.1, -0.05) is 18.6 Å². The van der Waals surface area contributed by atoms with Crippen molar-refractivity contribution in [2.75, 3.05) is 27.8 Å². The van der Waals surface area contributed by atoms with Crippen LogP contribution in [0.3, 0.4) is 0 Å². The normalized spacial score (nSPS) is 17.2. The summed E-state index contributed by atoms with van der Waals surface area (Å²) in [6, 6.07) is 11.7. The van der Waals surface area contributed by atoms with Crippen LogP contribution >= 0.6 is 0 Å². The fraction of sp³-hybridized carbons (Fsp3) is 0.435. The summed E-state index contributed by atoms with van der Waals surface area (Å²) < 4.78 is 38.3. The maximum atomic E-state index is 13.0. The number of piperidine rings is 1. The first-order valence-corrected chi connectivity index (χ1v) is 11.8. The Labute approximate surface area is 184 Å². The lowest BCUT2D eigenvalue weighted by atomic mass is 10.1. The zero-order chi connectivity index (χ0) is 22.6. The van der Waals surface area contributed by atoms with Crippen molar-refractivity contribution in [3.63, 3.8) is 0 Å². The Morgan fingerprint density at radius 3 is 2.42 bits per heavy atom. The van der Waals surface area contributed by atoms with E-state index in [4.69, 9.17) is 9.47 Å². The van der Waals surface area contributed by atoms with Crippen molar-refractivity contribution < 1.29 is 22.7 Å². The maximum Gasteiger partial charge on any atom is 0.253 e. The van der Waals surface area contributed by atoms with E-state index in [0.717, 1.165) is 24.8 Å². The second-order valence-corrected chi connectivity index (χ2v) is 9.69. The van der Waals surface area contributed by atoms with Crippen LogP contribution < -0.4 is 9.47 Å². The molecule has 1 amide bonds. The summed E-state index contributed by atoms with van der Waals surface area (Å²) in [5, 5.41) is 0. The highest BCUT2D eigenvalue weighted by Crippen LogP contribution is 2.31. The molecule has 1 fully saturated rings. The molecule has 8 heteroatoms. The second-order valence-electron chi connectivity index (χ2n) is 7.80. The van der Waals surface area contributed by atoms with Crippen LogP contribution in [-0.4, -0.2) is 57.4 Å². The molecule has 1 aliphatic heterocycles. The van der Waals surface area contributed by atoms with E-state index in [9.17, 15) is 13.2 Å². The highest BCUT2D eigenvalue weighted by molar-refractivity contribution is 7.89. The molecule has 31 heavy (non-hydrogen) atoms. The molecule has 1 saturated heterocycles. The second kappa shape index (κ2) is 9.70. The molecule has 0 unspecified atom stereocenters. The van der Waals surface area contributed by atoms with Gasteiger partial charge in [-0.3, -0.25) is 4.79 Å². The molecular formula is C23H30N2O5S. The standard InChI is InChI=1S/C23H30N2O5S/c1-17-8-5-6-15-25(17)31(27,28)20-13-11-18(12-14-20)23(26)24(2)16-19-9-7-10-21(29-3)22(19)30-4/h7,9-14,17H,5-6,8,15-16H2,1-4H3/t17-/m1/s1. The average molecular weight is 447 g/mol. The van der Waals surface area contributed by atoms with Gasteiger partial charge in [-0.25, -0.2) is 8.42 Å². The number of benzene rings is 2. The minimum absolute atomic E-state index is 0.0102. The van der Waals surface area contributed by atoms with Crippen molar-refractivity contribution in [1.82, 2.24) is 9.21 Å². The van der Waals surface area contributed by atoms with E-state index in [1.807, 2.05) is 19.1 Å². The van der Waals surface area contributed by atoms with Crippen LogP contribution in [-0.2, 0) is 16.6 Å². The first-order chi connectivity index (χ1) is 14.8. The molecule has 168 valence electrons. The molecule has 3 rings (SSSR count). The zero-order valence-corrected chi connectivity index (χ0v) is 19.3. The number of para-hydroxylation sites is 1. The van der Waals surface area contributed by atoms with Crippen LogP contribution in [0, 0.1) is 0 Å². The van der Waals surface area contributed by atoms with Crippen molar-refractivity contribution in [2.24, 2.45) is 0 Å². The van der Waals surface area contributed by atoms with Crippen molar-refractivity contribution in [1.29, 1.82) is 0 Å². The van der Waals surface area contributed by atoms with Gasteiger partial charge in [0.25, 0.3) is 5.91 Å². The van der Waals surface area contributed by atoms with Crippen LogP contribution in [0.25, 0.3) is 0 Å². The number of hydrogen-bond donors (Lipinski definition) is 0. The van der Waals surface area contributed by atoms with Gasteiger partial charge in [0.05, 0.1) is 19.1 Å². The highest BCUT2D eigenvalue weighted by Gasteiger charge is 2.31. The summed E-state index contributed by atoms with van der Waals surface area (Å²) in [6.07, 6.45) is 2.79. The van der Waals surface area contributed by atoms with Gasteiger partial charge < -0.3 is 14.4 Å². The Hall–Kier alpha value is -2.58. The molecule has 0 aromatic heterocycles. The molecule has 1 atom stereocenters. The molecule has 0 spiro atoms. The Morgan fingerprint density at radius 1 is 1.10 bits per heavy atom. The van der Waals surface area contributed by atoms with Gasteiger partial charge in [-0.2, -0.15) is 4.31 Å². The van der Waals surface area contributed by atoms with E-state index >= 15 is 0 Å². The number of hydrogen-bond acceptors (Lipinski definition) is 5. The predicted octanol–water partition coefficient (Wildman–Crippen LogP) is 3.54. The number of nitrogens with zero attached hydrogens (tertiary/aromatic N) is 2. The molecular weight excluding hydrogens is 416 g/mol. The molecule has 0 bridgehead atoms. The third-order valence-corrected chi connectivity index (χ3v) is 7.72. The van der Waals surface area contributed by atoms with Gasteiger partial charge in [0.2, 0.25) is 10.0 Å². The molecule has 1 heterocycles. The van der Waals surface area contributed by atoms with Gasteiger partial charge in [-0.15, -0.1) is 0 Å². The van der Waals surface area contributed by atoms with Gasteiger partial charge in [0.1, 0.15) is 0 Å². The molecule has 0 N–H and O–H groups in total. The molecule has 1 aliphatic rings. The molecule has 2 aromatic rings. The Balaban J connectivity index is 1.76. The fourth-order valence-electron chi connectivity index (χ4n) is 3.96. The third kappa shape index (κ3) is 4.85. The fourth-order valence-corrected chi connectivity index (χ4v) is 5.66. The Kier molecular flexibility index (Phi) is 7.23. The largest absolute Gasteiger partial charge is 0.493 e. The van der Waals surface area contributed by atoms with Crippen molar-refractivity contribution in [3.05, 3.63) is 53.6 Å². The first-order valence-electron chi connectivity index (χ1n) is 10.4. The predicted molar refractivity (Wildman–Crippen MR) is 119 cm³/mol. The van der Waals surface area contributed by atoms with Crippen LogP contribution in [0.5, 0.6) is 11.5 Å². The summed E-state index contributed by atoms with van der Waals surface area (Å²) in [6.45, 7) is 2.80. The van der Waals surface area contributed by atoms with Crippen LogP contribution in [0.4, 0.5) is 0 Å². The number of ether oxygens (including phenoxy) is 2. The topological polar surface area (TPSA) is 76.2 Å².